The number of Topliss-reactive ketones (excluding diaryl/α,β-unsaturated/α-hetero) is 1. The van der Waals surface area contributed by atoms with Crippen molar-refractivity contribution in [1.82, 2.24) is 14.9 Å². The van der Waals surface area contributed by atoms with Crippen molar-refractivity contribution in [2.24, 2.45) is 0 Å². The molecule has 144 valence electrons. The van der Waals surface area contributed by atoms with Crippen molar-refractivity contribution < 1.29 is 9.59 Å². The molecule has 2 amide bonds. The summed E-state index contributed by atoms with van der Waals surface area (Å²) in [6.07, 6.45) is 7.90. The topological polar surface area (TPSA) is 66.4 Å². The maximum atomic E-state index is 12.6. The van der Waals surface area contributed by atoms with Crippen molar-refractivity contribution in [2.45, 2.75) is 46.0 Å². The Morgan fingerprint density at radius 2 is 2.15 bits per heavy atom. The summed E-state index contributed by atoms with van der Waals surface area (Å²) >= 11 is 1.34. The van der Waals surface area contributed by atoms with Gasteiger partial charge in [0.15, 0.2) is 10.9 Å². The maximum Gasteiger partial charge on any atom is 0.326 e. The van der Waals surface area contributed by atoms with E-state index in [1.54, 1.807) is 17.3 Å². The number of urea groups is 1. The highest BCUT2D eigenvalue weighted by Crippen LogP contribution is 2.30. The first-order valence-corrected chi connectivity index (χ1v) is 10.4. The second-order valence-electron chi connectivity index (χ2n) is 6.82. The van der Waals surface area contributed by atoms with Crippen LogP contribution in [-0.2, 0) is 6.42 Å². The highest BCUT2D eigenvalue weighted by atomic mass is 32.1. The smallest absolute Gasteiger partial charge is 0.323 e. The van der Waals surface area contributed by atoms with Gasteiger partial charge in [-0.3, -0.25) is 14.7 Å². The lowest BCUT2D eigenvalue weighted by Gasteiger charge is -2.16. The number of nitrogens with zero attached hydrogens (tertiary/aromatic N) is 4. The number of hydrogen-bond acceptors (Lipinski definition) is 5. The van der Waals surface area contributed by atoms with Gasteiger partial charge in [-0.1, -0.05) is 37.2 Å². The minimum Gasteiger partial charge on any atom is -0.323 e. The molecule has 0 aliphatic carbocycles. The molecule has 27 heavy (non-hydrogen) atoms. The van der Waals surface area contributed by atoms with Gasteiger partial charge in [0, 0.05) is 38.4 Å². The Labute approximate surface area is 164 Å². The Morgan fingerprint density at radius 1 is 1.30 bits per heavy atom. The summed E-state index contributed by atoms with van der Waals surface area (Å²) in [4.78, 5) is 38.1. The Bertz CT molecular complexity index is 791. The highest BCUT2D eigenvalue weighted by molar-refractivity contribution is 7.17. The van der Waals surface area contributed by atoms with E-state index in [-0.39, 0.29) is 11.8 Å². The van der Waals surface area contributed by atoms with Crippen molar-refractivity contribution >= 4 is 28.3 Å². The number of carbonyl (C=O) groups is 2. The molecule has 0 saturated carbocycles. The molecule has 0 N–H and O–H groups in total. The monoisotopic (exact) mass is 386 g/mol. The Balaban J connectivity index is 1.62. The molecular weight excluding hydrogens is 360 g/mol. The normalized spacial score (nSPS) is 14.2. The Morgan fingerprint density at radius 3 is 2.89 bits per heavy atom. The van der Waals surface area contributed by atoms with Crippen LogP contribution in [0.15, 0.2) is 24.5 Å². The predicted octanol–water partition coefficient (Wildman–Crippen LogP) is 4.09. The molecule has 1 saturated heterocycles. The molecule has 0 atom stereocenters. The van der Waals surface area contributed by atoms with E-state index in [9.17, 15) is 9.59 Å². The van der Waals surface area contributed by atoms with Gasteiger partial charge < -0.3 is 4.90 Å². The van der Waals surface area contributed by atoms with Gasteiger partial charge in [0.05, 0.1) is 10.6 Å². The number of ketones is 1. The third-order valence-corrected chi connectivity index (χ3v) is 5.98. The molecule has 0 unspecified atom stereocenters. The minimum atomic E-state index is 0.00853. The lowest BCUT2D eigenvalue weighted by molar-refractivity contribution is 0.0986. The quantitative estimate of drug-likeness (QED) is 0.481. The number of carbonyl (C=O) groups excluding carboxylic acids is 2. The molecule has 2 aromatic rings. The Kier molecular flexibility index (Phi) is 6.55. The fourth-order valence-corrected chi connectivity index (χ4v) is 4.25. The number of hydrogen-bond donors (Lipinski definition) is 0. The number of aryl methyl sites for hydroxylation is 2. The van der Waals surface area contributed by atoms with Crippen LogP contribution in [0.5, 0.6) is 0 Å². The van der Waals surface area contributed by atoms with Crippen LogP contribution in [0.1, 0.15) is 53.5 Å². The van der Waals surface area contributed by atoms with E-state index in [0.29, 0.717) is 35.1 Å². The average Bonchev–Trinajstić information content (AvgIpc) is 3.24. The van der Waals surface area contributed by atoms with E-state index in [0.717, 1.165) is 37.9 Å². The van der Waals surface area contributed by atoms with Gasteiger partial charge in [-0.05, 0) is 31.4 Å². The fourth-order valence-electron chi connectivity index (χ4n) is 3.19. The van der Waals surface area contributed by atoms with E-state index in [4.69, 9.17) is 0 Å². The molecule has 3 rings (SSSR count). The number of amides is 2. The van der Waals surface area contributed by atoms with Crippen LogP contribution in [-0.4, -0.2) is 46.3 Å². The summed E-state index contributed by atoms with van der Waals surface area (Å²) in [7, 11) is 0. The number of aromatic nitrogens is 2. The van der Waals surface area contributed by atoms with Crippen LogP contribution < -0.4 is 4.90 Å². The average molecular weight is 387 g/mol. The Hall–Kier alpha value is -2.28. The first-order valence-electron chi connectivity index (χ1n) is 9.56. The fraction of sp³-hybridized carbons (Fsp3) is 0.500. The van der Waals surface area contributed by atoms with E-state index in [2.05, 4.69) is 16.9 Å². The number of unbranched alkanes of at least 4 members (excludes halogenated alkanes) is 2. The third-order valence-electron chi connectivity index (χ3n) is 4.76. The maximum absolute atomic E-state index is 12.6. The lowest BCUT2D eigenvalue weighted by Crippen LogP contribution is -2.32. The molecular formula is C20H26N4O2S. The van der Waals surface area contributed by atoms with Crippen LogP contribution >= 0.6 is 11.3 Å². The van der Waals surface area contributed by atoms with Crippen molar-refractivity contribution in [3.63, 3.8) is 0 Å². The summed E-state index contributed by atoms with van der Waals surface area (Å²) in [5, 5.41) is 0.639. The van der Waals surface area contributed by atoms with Crippen molar-refractivity contribution in [3.8, 4) is 0 Å². The van der Waals surface area contributed by atoms with Crippen LogP contribution in [0.25, 0.3) is 0 Å². The minimum absolute atomic E-state index is 0.00853. The first-order chi connectivity index (χ1) is 13.1. The van der Waals surface area contributed by atoms with Gasteiger partial charge >= 0.3 is 6.03 Å². The van der Waals surface area contributed by atoms with Gasteiger partial charge in [-0.25, -0.2) is 9.78 Å². The molecule has 0 bridgehead atoms. The molecule has 7 heteroatoms. The molecule has 1 aliphatic heterocycles. The second kappa shape index (κ2) is 9.08. The number of rotatable bonds is 9. The molecule has 0 spiro atoms. The number of pyridine rings is 1. The van der Waals surface area contributed by atoms with Crippen LogP contribution in [0.4, 0.5) is 9.93 Å². The van der Waals surface area contributed by atoms with Gasteiger partial charge in [0.2, 0.25) is 0 Å². The van der Waals surface area contributed by atoms with Crippen LogP contribution in [0, 0.1) is 6.92 Å². The second-order valence-corrected chi connectivity index (χ2v) is 7.80. The summed E-state index contributed by atoms with van der Waals surface area (Å²) in [5.41, 5.74) is 1.76. The van der Waals surface area contributed by atoms with Crippen molar-refractivity contribution in [2.75, 3.05) is 24.5 Å². The summed E-state index contributed by atoms with van der Waals surface area (Å²) in [6, 6.07) is 3.86. The third kappa shape index (κ3) is 4.71. The largest absolute Gasteiger partial charge is 0.326 e. The van der Waals surface area contributed by atoms with E-state index in [1.165, 1.54) is 11.3 Å². The molecule has 6 nitrogen and oxygen atoms in total. The van der Waals surface area contributed by atoms with Crippen LogP contribution in [0.2, 0.25) is 0 Å². The van der Waals surface area contributed by atoms with E-state index in [1.807, 2.05) is 24.0 Å². The molecule has 2 aromatic heterocycles. The van der Waals surface area contributed by atoms with Gasteiger partial charge in [0.25, 0.3) is 0 Å². The van der Waals surface area contributed by atoms with Gasteiger partial charge in [0.1, 0.15) is 0 Å². The van der Waals surface area contributed by atoms with E-state index >= 15 is 0 Å². The van der Waals surface area contributed by atoms with Crippen molar-refractivity contribution in [3.05, 3.63) is 40.7 Å². The molecule has 1 fully saturated rings. The molecule has 0 aromatic carbocycles. The van der Waals surface area contributed by atoms with Crippen molar-refractivity contribution in [1.29, 1.82) is 0 Å². The number of anilines is 1. The first kappa shape index (κ1) is 19.5. The zero-order chi connectivity index (χ0) is 19.2. The van der Waals surface area contributed by atoms with Gasteiger partial charge in [-0.15, -0.1) is 0 Å². The SMILES string of the molecule is CCCCCN1CCN(c2nc(C)c(C(=O)CCc3cccnc3)s2)C1=O. The number of thiazole rings is 1. The molecule has 1 aliphatic rings. The standard InChI is InChI=1S/C20H26N4O2S/c1-3-4-5-11-23-12-13-24(20(23)26)19-22-15(2)18(27-19)17(25)9-8-16-7-6-10-21-14-16/h6-7,10,14H,3-5,8-9,11-13H2,1-2H3. The summed E-state index contributed by atoms with van der Waals surface area (Å²) < 4.78 is 0. The zero-order valence-corrected chi connectivity index (χ0v) is 16.8. The van der Waals surface area contributed by atoms with Gasteiger partial charge in [-0.2, -0.15) is 0 Å². The lowest BCUT2D eigenvalue weighted by atomic mass is 10.1. The molecule has 0 radical (unpaired) electrons. The highest BCUT2D eigenvalue weighted by Gasteiger charge is 2.32. The summed E-state index contributed by atoms with van der Waals surface area (Å²) in [5.74, 6) is 0.0755. The van der Waals surface area contributed by atoms with Crippen LogP contribution in [0.3, 0.4) is 0 Å². The summed E-state index contributed by atoms with van der Waals surface area (Å²) in [6.45, 7) is 6.16. The van der Waals surface area contributed by atoms with E-state index < -0.39 is 0 Å². The predicted molar refractivity (Wildman–Crippen MR) is 108 cm³/mol. The zero-order valence-electron chi connectivity index (χ0n) is 16.0. The molecule has 3 heterocycles.